The van der Waals surface area contributed by atoms with Crippen molar-refractivity contribution < 1.29 is 4.79 Å². The third-order valence-electron chi connectivity index (χ3n) is 6.03. The average Bonchev–Trinajstić information content (AvgIpc) is 3.18. The van der Waals surface area contributed by atoms with E-state index < -0.39 is 0 Å². The molecule has 1 saturated carbocycles. The zero-order valence-electron chi connectivity index (χ0n) is 16.7. The number of hydrogen-bond donors (Lipinski definition) is 1. The number of aromatic amines is 1. The van der Waals surface area contributed by atoms with Gasteiger partial charge in [0.2, 0.25) is 5.91 Å². The minimum atomic E-state index is 0.176. The van der Waals surface area contributed by atoms with Gasteiger partial charge < -0.3 is 9.88 Å². The fourth-order valence-electron chi connectivity index (χ4n) is 4.18. The largest absolute Gasteiger partial charge is 0.343 e. The number of hydrogen-bond acceptors (Lipinski definition) is 3. The summed E-state index contributed by atoms with van der Waals surface area (Å²) >= 11 is 0. The molecule has 5 heteroatoms. The molecule has 2 aromatic heterocycles. The highest BCUT2D eigenvalue weighted by molar-refractivity contribution is 5.81. The van der Waals surface area contributed by atoms with E-state index >= 15 is 0 Å². The van der Waals surface area contributed by atoms with Crippen molar-refractivity contribution in [1.82, 2.24) is 19.9 Å². The lowest BCUT2D eigenvalue weighted by molar-refractivity contribution is -0.132. The van der Waals surface area contributed by atoms with E-state index in [9.17, 15) is 4.79 Å². The van der Waals surface area contributed by atoms with Gasteiger partial charge in [-0.3, -0.25) is 9.78 Å². The first kappa shape index (κ1) is 18.7. The molecule has 1 aromatic carbocycles. The van der Waals surface area contributed by atoms with Gasteiger partial charge in [-0.1, -0.05) is 32.3 Å². The Kier molecular flexibility index (Phi) is 5.42. The highest BCUT2D eigenvalue weighted by atomic mass is 16.2. The standard InChI is InChI=1S/C23H28N4O/c1-16(14-22(28)27(2)19-6-4-3-5-7-19)18-8-9-20-21(15-18)26-23(25-20)17-10-12-24-13-11-17/h8-13,15-16,19H,3-7,14H2,1-2H3,(H,25,26). The number of H-pyrrole nitrogens is 1. The normalized spacial score (nSPS) is 16.2. The Balaban J connectivity index is 1.48. The van der Waals surface area contributed by atoms with Crippen LogP contribution in [0.2, 0.25) is 0 Å². The smallest absolute Gasteiger partial charge is 0.223 e. The number of rotatable bonds is 5. The molecular weight excluding hydrogens is 348 g/mol. The predicted molar refractivity (Wildman–Crippen MR) is 112 cm³/mol. The van der Waals surface area contributed by atoms with Gasteiger partial charge in [-0.25, -0.2) is 4.98 Å². The van der Waals surface area contributed by atoms with Gasteiger partial charge in [0.15, 0.2) is 0 Å². The van der Waals surface area contributed by atoms with Gasteiger partial charge in [-0.2, -0.15) is 0 Å². The molecule has 1 aliphatic carbocycles. The maximum atomic E-state index is 12.8. The van der Waals surface area contributed by atoms with Crippen LogP contribution in [0.5, 0.6) is 0 Å². The molecule has 0 saturated heterocycles. The molecule has 146 valence electrons. The minimum absolute atomic E-state index is 0.176. The van der Waals surface area contributed by atoms with Crippen LogP contribution in [0.4, 0.5) is 0 Å². The molecule has 4 rings (SSSR count). The van der Waals surface area contributed by atoms with E-state index in [1.165, 1.54) is 24.8 Å². The minimum Gasteiger partial charge on any atom is -0.343 e. The Hall–Kier alpha value is -2.69. The Morgan fingerprint density at radius 2 is 1.93 bits per heavy atom. The molecule has 2 heterocycles. The topological polar surface area (TPSA) is 61.9 Å². The van der Waals surface area contributed by atoms with Crippen molar-refractivity contribution in [1.29, 1.82) is 0 Å². The van der Waals surface area contributed by atoms with Crippen LogP contribution in [0, 0.1) is 0 Å². The van der Waals surface area contributed by atoms with Gasteiger partial charge in [0, 0.05) is 37.5 Å². The molecule has 1 aliphatic rings. The lowest BCUT2D eigenvalue weighted by Crippen LogP contribution is -2.38. The number of carbonyl (C=O) groups is 1. The summed E-state index contributed by atoms with van der Waals surface area (Å²) in [7, 11) is 1.98. The second-order valence-corrected chi connectivity index (χ2v) is 8.00. The van der Waals surface area contributed by atoms with E-state index in [1.807, 2.05) is 30.1 Å². The Labute approximate surface area is 166 Å². The Bertz CT molecular complexity index is 944. The van der Waals surface area contributed by atoms with E-state index in [-0.39, 0.29) is 11.8 Å². The van der Waals surface area contributed by atoms with Crippen molar-refractivity contribution in [2.24, 2.45) is 0 Å². The highest BCUT2D eigenvalue weighted by Gasteiger charge is 2.23. The number of nitrogens with zero attached hydrogens (tertiary/aromatic N) is 3. The number of carbonyl (C=O) groups excluding carboxylic acids is 1. The highest BCUT2D eigenvalue weighted by Crippen LogP contribution is 2.27. The molecule has 28 heavy (non-hydrogen) atoms. The molecule has 5 nitrogen and oxygen atoms in total. The van der Waals surface area contributed by atoms with Crippen LogP contribution in [0.15, 0.2) is 42.7 Å². The molecule has 1 N–H and O–H groups in total. The SMILES string of the molecule is CC(CC(=O)N(C)C1CCCCC1)c1ccc2nc(-c3ccncc3)[nH]c2c1. The zero-order valence-corrected chi connectivity index (χ0v) is 16.7. The lowest BCUT2D eigenvalue weighted by Gasteiger charge is -2.32. The van der Waals surface area contributed by atoms with Gasteiger partial charge in [0.25, 0.3) is 0 Å². The van der Waals surface area contributed by atoms with Crippen molar-refractivity contribution in [3.05, 3.63) is 48.3 Å². The summed E-state index contributed by atoms with van der Waals surface area (Å²) in [5.41, 5.74) is 4.13. The quantitative estimate of drug-likeness (QED) is 0.688. The van der Waals surface area contributed by atoms with Gasteiger partial charge in [-0.05, 0) is 48.6 Å². The second-order valence-electron chi connectivity index (χ2n) is 8.00. The summed E-state index contributed by atoms with van der Waals surface area (Å²) in [6.45, 7) is 2.13. The van der Waals surface area contributed by atoms with Crippen LogP contribution < -0.4 is 0 Å². The summed E-state index contributed by atoms with van der Waals surface area (Å²) in [5, 5.41) is 0. The molecule has 0 bridgehead atoms. The maximum absolute atomic E-state index is 12.8. The molecule has 0 radical (unpaired) electrons. The van der Waals surface area contributed by atoms with Gasteiger partial charge in [0.1, 0.15) is 5.82 Å². The molecule has 1 atom stereocenters. The van der Waals surface area contributed by atoms with Crippen molar-refractivity contribution in [3.63, 3.8) is 0 Å². The number of nitrogens with one attached hydrogen (secondary N) is 1. The third-order valence-corrected chi connectivity index (χ3v) is 6.03. The molecule has 1 fully saturated rings. The molecule has 1 amide bonds. The number of fused-ring (bicyclic) bond motifs is 1. The maximum Gasteiger partial charge on any atom is 0.223 e. The zero-order chi connectivity index (χ0) is 19.5. The van der Waals surface area contributed by atoms with Gasteiger partial charge >= 0.3 is 0 Å². The summed E-state index contributed by atoms with van der Waals surface area (Å²) < 4.78 is 0. The number of pyridine rings is 1. The number of amides is 1. The summed E-state index contributed by atoms with van der Waals surface area (Å²) in [6, 6.07) is 10.6. The molecule has 1 unspecified atom stereocenters. The van der Waals surface area contributed by atoms with E-state index in [1.54, 1.807) is 12.4 Å². The van der Waals surface area contributed by atoms with Gasteiger partial charge in [-0.15, -0.1) is 0 Å². The first-order valence-electron chi connectivity index (χ1n) is 10.3. The van der Waals surface area contributed by atoms with E-state index in [0.717, 1.165) is 35.3 Å². The molecular formula is C23H28N4O. The van der Waals surface area contributed by atoms with Crippen LogP contribution in [0.3, 0.4) is 0 Å². The van der Waals surface area contributed by atoms with Gasteiger partial charge in [0.05, 0.1) is 11.0 Å². The van der Waals surface area contributed by atoms with E-state index in [2.05, 4.69) is 34.0 Å². The van der Waals surface area contributed by atoms with Crippen molar-refractivity contribution in [2.45, 2.75) is 57.4 Å². The predicted octanol–water partition coefficient (Wildman–Crippen LogP) is 4.91. The average molecular weight is 377 g/mol. The van der Waals surface area contributed by atoms with Crippen LogP contribution >= 0.6 is 0 Å². The third kappa shape index (κ3) is 3.93. The van der Waals surface area contributed by atoms with Crippen LogP contribution in [-0.2, 0) is 4.79 Å². The Morgan fingerprint density at radius 1 is 1.18 bits per heavy atom. The van der Waals surface area contributed by atoms with Crippen molar-refractivity contribution in [3.8, 4) is 11.4 Å². The second kappa shape index (κ2) is 8.13. The summed E-state index contributed by atoms with van der Waals surface area (Å²) in [6.07, 6.45) is 10.2. The van der Waals surface area contributed by atoms with E-state index in [4.69, 9.17) is 0 Å². The Morgan fingerprint density at radius 3 is 2.68 bits per heavy atom. The fourth-order valence-corrected chi connectivity index (χ4v) is 4.18. The summed E-state index contributed by atoms with van der Waals surface area (Å²) in [5.74, 6) is 1.27. The van der Waals surface area contributed by atoms with Crippen LogP contribution in [0.1, 0.15) is 56.9 Å². The summed E-state index contributed by atoms with van der Waals surface area (Å²) in [4.78, 5) is 26.9. The first-order valence-corrected chi connectivity index (χ1v) is 10.3. The molecule has 0 spiro atoms. The lowest BCUT2D eigenvalue weighted by atomic mass is 9.93. The number of benzene rings is 1. The van der Waals surface area contributed by atoms with Crippen LogP contribution in [-0.4, -0.2) is 38.8 Å². The van der Waals surface area contributed by atoms with Crippen LogP contribution in [0.25, 0.3) is 22.4 Å². The number of imidazole rings is 1. The van der Waals surface area contributed by atoms with E-state index in [0.29, 0.717) is 12.5 Å². The monoisotopic (exact) mass is 376 g/mol. The molecule has 3 aromatic rings. The first-order chi connectivity index (χ1) is 13.6. The fraction of sp³-hybridized carbons (Fsp3) is 0.435. The van der Waals surface area contributed by atoms with Crippen molar-refractivity contribution in [2.75, 3.05) is 7.05 Å². The van der Waals surface area contributed by atoms with Crippen molar-refractivity contribution >= 4 is 16.9 Å². The number of aromatic nitrogens is 3. The molecule has 0 aliphatic heterocycles.